The Labute approximate surface area is 131 Å². The molecule has 3 nitrogen and oxygen atoms in total. The first kappa shape index (κ1) is 13.9. The van der Waals surface area contributed by atoms with Crippen LogP contribution in [0.4, 0.5) is 0 Å². The second-order valence-corrected chi connectivity index (χ2v) is 7.12. The highest BCUT2D eigenvalue weighted by Gasteiger charge is 2.64. The van der Waals surface area contributed by atoms with Crippen LogP contribution in [0.5, 0.6) is 5.75 Å². The van der Waals surface area contributed by atoms with Crippen molar-refractivity contribution < 1.29 is 9.84 Å². The van der Waals surface area contributed by atoms with E-state index in [1.807, 2.05) is 0 Å². The molecule has 5 rings (SSSR count). The fourth-order valence-electron chi connectivity index (χ4n) is 5.68. The van der Waals surface area contributed by atoms with Gasteiger partial charge in [0.15, 0.2) is 0 Å². The molecule has 4 aliphatic rings. The Morgan fingerprint density at radius 2 is 2.19 bits per heavy atom. The molecule has 114 valence electrons. The summed E-state index contributed by atoms with van der Waals surface area (Å²) in [5.74, 6) is 1.72. The molecular weight excluding hydrogens is 286 g/mol. The molecule has 1 aromatic rings. The number of aliphatic hydroxyl groups excluding tert-OH is 1. The molecule has 0 aromatic heterocycles. The number of benzene rings is 1. The number of ether oxygens (including phenoxy) is 1. The van der Waals surface area contributed by atoms with Gasteiger partial charge in [-0.1, -0.05) is 12.1 Å². The average molecular weight is 308 g/mol. The third kappa shape index (κ3) is 1.47. The van der Waals surface area contributed by atoms with Gasteiger partial charge >= 0.3 is 0 Å². The van der Waals surface area contributed by atoms with Gasteiger partial charge in [0.05, 0.1) is 6.10 Å². The van der Waals surface area contributed by atoms with Gasteiger partial charge in [0, 0.05) is 17.0 Å². The van der Waals surface area contributed by atoms with Gasteiger partial charge in [-0.3, -0.25) is 0 Å². The normalized spacial score (nSPS) is 42.8. The zero-order valence-corrected chi connectivity index (χ0v) is 13.1. The van der Waals surface area contributed by atoms with Crippen LogP contribution in [-0.2, 0) is 11.8 Å². The average Bonchev–Trinajstić information content (AvgIpc) is 2.79. The maximum atomic E-state index is 10.5. The number of hydrogen-bond acceptors (Lipinski definition) is 3. The summed E-state index contributed by atoms with van der Waals surface area (Å²) >= 11 is 0. The van der Waals surface area contributed by atoms with E-state index in [-0.39, 0.29) is 30.0 Å². The predicted octanol–water partition coefficient (Wildman–Crippen LogP) is 2.14. The Bertz CT molecular complexity index is 592. The Morgan fingerprint density at radius 3 is 3.05 bits per heavy atom. The Kier molecular flexibility index (Phi) is 2.89. The SMILES string of the molecule is CN1CC[C@]23c4c5cccc4O[C@H]2[C@@H](O)CC[C@H]3[C@H]1C5.Cl. The first-order chi connectivity index (χ1) is 9.72. The van der Waals surface area contributed by atoms with Gasteiger partial charge in [-0.25, -0.2) is 0 Å². The summed E-state index contributed by atoms with van der Waals surface area (Å²) in [7, 11) is 2.27. The molecule has 1 spiro atoms. The van der Waals surface area contributed by atoms with Gasteiger partial charge in [0.2, 0.25) is 0 Å². The zero-order chi connectivity index (χ0) is 13.5. The lowest BCUT2D eigenvalue weighted by Gasteiger charge is -2.58. The summed E-state index contributed by atoms with van der Waals surface area (Å²) in [5.41, 5.74) is 3.02. The van der Waals surface area contributed by atoms with Crippen molar-refractivity contribution in [1.29, 1.82) is 0 Å². The van der Waals surface area contributed by atoms with E-state index in [1.165, 1.54) is 11.1 Å². The van der Waals surface area contributed by atoms with E-state index in [2.05, 4.69) is 30.1 Å². The Balaban J connectivity index is 0.00000115. The largest absolute Gasteiger partial charge is 0.486 e. The molecule has 2 heterocycles. The van der Waals surface area contributed by atoms with E-state index in [0.29, 0.717) is 12.0 Å². The number of nitrogens with zero attached hydrogens (tertiary/aromatic N) is 1. The minimum atomic E-state index is -0.298. The van der Waals surface area contributed by atoms with Crippen molar-refractivity contribution in [3.05, 3.63) is 29.3 Å². The molecule has 1 aromatic carbocycles. The highest BCUT2D eigenvalue weighted by Crippen LogP contribution is 2.61. The molecule has 2 bridgehead atoms. The summed E-state index contributed by atoms with van der Waals surface area (Å²) in [4.78, 5) is 2.54. The van der Waals surface area contributed by atoms with Gasteiger partial charge in [-0.15, -0.1) is 12.4 Å². The van der Waals surface area contributed by atoms with E-state index in [4.69, 9.17) is 4.74 Å². The van der Waals surface area contributed by atoms with Crippen LogP contribution in [0, 0.1) is 5.92 Å². The number of likely N-dealkylation sites (N-methyl/N-ethyl adjacent to an activating group) is 1. The van der Waals surface area contributed by atoms with Crippen LogP contribution in [0.1, 0.15) is 30.4 Å². The summed E-state index contributed by atoms with van der Waals surface area (Å²) < 4.78 is 6.26. The number of likely N-dealkylation sites (tertiary alicyclic amines) is 1. The topological polar surface area (TPSA) is 32.7 Å². The minimum absolute atomic E-state index is 0. The Hall–Kier alpha value is -0.770. The lowest BCUT2D eigenvalue weighted by molar-refractivity contribution is -0.0991. The third-order valence-corrected chi connectivity index (χ3v) is 6.46. The van der Waals surface area contributed by atoms with Crippen LogP contribution in [0.2, 0.25) is 0 Å². The molecule has 4 heteroatoms. The van der Waals surface area contributed by atoms with Gasteiger partial charge in [-0.05, 0) is 56.8 Å². The van der Waals surface area contributed by atoms with Gasteiger partial charge in [0.1, 0.15) is 11.9 Å². The molecule has 0 amide bonds. The number of hydrogen-bond donors (Lipinski definition) is 1. The van der Waals surface area contributed by atoms with Crippen LogP contribution >= 0.6 is 12.4 Å². The molecule has 2 aliphatic carbocycles. The molecule has 21 heavy (non-hydrogen) atoms. The van der Waals surface area contributed by atoms with Crippen molar-refractivity contribution in [1.82, 2.24) is 4.90 Å². The van der Waals surface area contributed by atoms with E-state index >= 15 is 0 Å². The number of aliphatic hydroxyl groups is 1. The van der Waals surface area contributed by atoms with Gasteiger partial charge in [0.25, 0.3) is 0 Å². The van der Waals surface area contributed by atoms with E-state index < -0.39 is 0 Å². The van der Waals surface area contributed by atoms with Crippen LogP contribution in [-0.4, -0.2) is 41.8 Å². The smallest absolute Gasteiger partial charge is 0.135 e. The zero-order valence-electron chi connectivity index (χ0n) is 12.3. The number of piperidine rings is 1. The maximum Gasteiger partial charge on any atom is 0.135 e. The second-order valence-electron chi connectivity index (χ2n) is 7.12. The maximum absolute atomic E-state index is 10.5. The summed E-state index contributed by atoms with van der Waals surface area (Å²) in [6.07, 6.45) is 4.02. The van der Waals surface area contributed by atoms with Gasteiger partial charge < -0.3 is 14.7 Å². The van der Waals surface area contributed by atoms with Crippen molar-refractivity contribution in [2.24, 2.45) is 5.92 Å². The fourth-order valence-corrected chi connectivity index (χ4v) is 5.68. The van der Waals surface area contributed by atoms with Crippen molar-refractivity contribution in [3.63, 3.8) is 0 Å². The predicted molar refractivity (Wildman–Crippen MR) is 83.3 cm³/mol. The monoisotopic (exact) mass is 307 g/mol. The van der Waals surface area contributed by atoms with Crippen LogP contribution in [0.15, 0.2) is 18.2 Å². The summed E-state index contributed by atoms with van der Waals surface area (Å²) in [6.45, 7) is 1.13. The highest BCUT2D eigenvalue weighted by atomic mass is 35.5. The van der Waals surface area contributed by atoms with Crippen LogP contribution in [0.25, 0.3) is 0 Å². The quantitative estimate of drug-likeness (QED) is 0.797. The summed E-state index contributed by atoms with van der Waals surface area (Å²) in [6, 6.07) is 7.12. The second kappa shape index (κ2) is 4.37. The molecule has 2 aliphatic heterocycles. The third-order valence-electron chi connectivity index (χ3n) is 6.46. The molecule has 1 saturated carbocycles. The minimum Gasteiger partial charge on any atom is -0.486 e. The van der Waals surface area contributed by atoms with Gasteiger partial charge in [-0.2, -0.15) is 0 Å². The molecule has 5 atom stereocenters. The van der Waals surface area contributed by atoms with Crippen LogP contribution < -0.4 is 4.74 Å². The van der Waals surface area contributed by atoms with E-state index in [1.54, 1.807) is 0 Å². The standard InChI is InChI=1S/C17H21NO2.ClH/c1-18-8-7-17-11-5-6-13(19)16(17)20-14-4-2-3-10(15(14)17)9-12(11)18;/h2-4,11-13,16,19H,5-9H2,1H3;1H/t11-,12+,13-,16-,17-;/m0./s1. The lowest BCUT2D eigenvalue weighted by Crippen LogP contribution is -2.66. The number of rotatable bonds is 0. The summed E-state index contributed by atoms with van der Waals surface area (Å²) in [5, 5.41) is 10.5. The molecular formula is C17H22ClNO2. The molecule has 2 fully saturated rings. The van der Waals surface area contributed by atoms with Crippen molar-refractivity contribution in [3.8, 4) is 5.75 Å². The molecule has 1 saturated heterocycles. The highest BCUT2D eigenvalue weighted by molar-refractivity contribution is 5.85. The van der Waals surface area contributed by atoms with Crippen molar-refractivity contribution in [2.75, 3.05) is 13.6 Å². The van der Waals surface area contributed by atoms with Crippen molar-refractivity contribution >= 4 is 12.4 Å². The Morgan fingerprint density at radius 1 is 1.33 bits per heavy atom. The first-order valence-corrected chi connectivity index (χ1v) is 7.89. The fraction of sp³-hybridized carbons (Fsp3) is 0.647. The van der Waals surface area contributed by atoms with Crippen LogP contribution in [0.3, 0.4) is 0 Å². The molecule has 0 unspecified atom stereocenters. The van der Waals surface area contributed by atoms with Crippen molar-refractivity contribution in [2.45, 2.75) is 49.3 Å². The van der Waals surface area contributed by atoms with E-state index in [0.717, 1.165) is 38.0 Å². The van der Waals surface area contributed by atoms with E-state index in [9.17, 15) is 5.11 Å². The molecule has 1 N–H and O–H groups in total. The molecule has 0 radical (unpaired) electrons. The lowest BCUT2D eigenvalue weighted by atomic mass is 9.51. The first-order valence-electron chi connectivity index (χ1n) is 7.89. The number of halogens is 1.